The Labute approximate surface area is 160 Å². The Hall–Kier alpha value is -2.11. The van der Waals surface area contributed by atoms with Crippen molar-refractivity contribution in [2.24, 2.45) is 13.0 Å². The summed E-state index contributed by atoms with van der Waals surface area (Å²) < 4.78 is 6.86. The largest absolute Gasteiger partial charge is 0.461 e. The number of amides is 1. The smallest absolute Gasteiger partial charge is 0.355 e. The highest BCUT2D eigenvalue weighted by Crippen LogP contribution is 2.33. The highest BCUT2D eigenvalue weighted by molar-refractivity contribution is 6.04. The molecule has 0 bridgehead atoms. The van der Waals surface area contributed by atoms with Crippen molar-refractivity contribution in [3.05, 3.63) is 22.5 Å². The van der Waals surface area contributed by atoms with Crippen molar-refractivity contribution in [1.29, 1.82) is 0 Å². The monoisotopic (exact) mass is 374 g/mol. The van der Waals surface area contributed by atoms with Crippen molar-refractivity contribution in [3.8, 4) is 0 Å². The molecule has 148 valence electrons. The minimum absolute atomic E-state index is 0.0754. The normalized spacial score (nSPS) is 17.2. The fourth-order valence-electron chi connectivity index (χ4n) is 4.29. The number of rotatable bonds is 7. The molecule has 1 heterocycles. The second-order valence-corrected chi connectivity index (χ2v) is 7.82. The summed E-state index contributed by atoms with van der Waals surface area (Å²) >= 11 is 0. The van der Waals surface area contributed by atoms with Crippen molar-refractivity contribution in [1.82, 2.24) is 9.47 Å². The fourth-order valence-corrected chi connectivity index (χ4v) is 4.29. The third-order valence-corrected chi connectivity index (χ3v) is 5.97. The molecule has 0 unspecified atom stereocenters. The lowest BCUT2D eigenvalue weighted by atomic mass is 10.0. The van der Waals surface area contributed by atoms with Gasteiger partial charge >= 0.3 is 5.97 Å². The van der Waals surface area contributed by atoms with Gasteiger partial charge in [0.25, 0.3) is 0 Å². The van der Waals surface area contributed by atoms with Crippen molar-refractivity contribution in [3.63, 3.8) is 0 Å². The first-order valence-electron chi connectivity index (χ1n) is 10.0. The van der Waals surface area contributed by atoms with Crippen LogP contribution in [0.25, 0.3) is 0 Å². The maximum Gasteiger partial charge on any atom is 0.355 e. The maximum atomic E-state index is 13.1. The molecule has 6 nitrogen and oxygen atoms in total. The van der Waals surface area contributed by atoms with Gasteiger partial charge in [-0.25, -0.2) is 4.79 Å². The Morgan fingerprint density at radius 1 is 1.11 bits per heavy atom. The van der Waals surface area contributed by atoms with Crippen LogP contribution in [-0.4, -0.2) is 46.3 Å². The number of ether oxygens (including phenoxy) is 1. The molecule has 0 N–H and O–H groups in total. The molecule has 0 aliphatic heterocycles. The van der Waals surface area contributed by atoms with Gasteiger partial charge in [-0.15, -0.1) is 0 Å². The zero-order valence-corrected chi connectivity index (χ0v) is 16.8. The quantitative estimate of drug-likeness (QED) is 0.543. The highest BCUT2D eigenvalue weighted by Gasteiger charge is 2.38. The number of hydrogen-bond acceptors (Lipinski definition) is 4. The third-order valence-electron chi connectivity index (χ3n) is 5.97. The summed E-state index contributed by atoms with van der Waals surface area (Å²) in [7, 11) is 1.77. The van der Waals surface area contributed by atoms with E-state index >= 15 is 0 Å². The number of Topliss-reactive ketones (excluding diaryl/α,β-unsaturated/α-hetero) is 1. The van der Waals surface area contributed by atoms with Crippen molar-refractivity contribution >= 4 is 17.7 Å². The molecular formula is C21H30N2O4. The van der Waals surface area contributed by atoms with Crippen LogP contribution in [0, 0.1) is 19.8 Å². The standard InChI is InChI=1S/C21H30N2O4/c1-5-27-21(26)19-13(2)18(14(3)22(19)4)17(24)12-23(16-10-11-16)20(25)15-8-6-7-9-15/h15-16H,5-12H2,1-4H3. The summed E-state index contributed by atoms with van der Waals surface area (Å²) in [5, 5.41) is 0. The van der Waals surface area contributed by atoms with Gasteiger partial charge in [0.05, 0.1) is 13.2 Å². The molecule has 0 spiro atoms. The van der Waals surface area contributed by atoms with Gasteiger partial charge in [-0.1, -0.05) is 12.8 Å². The Balaban J connectivity index is 1.83. The van der Waals surface area contributed by atoms with Crippen LogP contribution in [0.5, 0.6) is 0 Å². The second kappa shape index (κ2) is 7.87. The number of ketones is 1. The first kappa shape index (κ1) is 19.6. The minimum Gasteiger partial charge on any atom is -0.461 e. The zero-order valence-electron chi connectivity index (χ0n) is 16.8. The Morgan fingerprint density at radius 3 is 2.30 bits per heavy atom. The van der Waals surface area contributed by atoms with Crippen molar-refractivity contribution in [2.45, 2.75) is 65.3 Å². The third kappa shape index (κ3) is 3.80. The Kier molecular flexibility index (Phi) is 5.72. The Bertz CT molecular complexity index is 755. The number of carbonyl (C=O) groups is 3. The van der Waals surface area contributed by atoms with Gasteiger partial charge in [0, 0.05) is 30.3 Å². The van der Waals surface area contributed by atoms with E-state index in [1.54, 1.807) is 30.4 Å². The number of aromatic nitrogens is 1. The molecule has 2 aliphatic carbocycles. The fraction of sp³-hybridized carbons (Fsp3) is 0.667. The van der Waals surface area contributed by atoms with Crippen LogP contribution in [0.3, 0.4) is 0 Å². The average molecular weight is 374 g/mol. The summed E-state index contributed by atoms with van der Waals surface area (Å²) in [5.74, 6) is -0.290. The lowest BCUT2D eigenvalue weighted by Crippen LogP contribution is -2.40. The molecule has 1 aromatic rings. The summed E-state index contributed by atoms with van der Waals surface area (Å²) in [5.41, 5.74) is 2.34. The molecule has 0 saturated heterocycles. The molecule has 0 radical (unpaired) electrons. The summed E-state index contributed by atoms with van der Waals surface area (Å²) in [4.78, 5) is 40.1. The van der Waals surface area contributed by atoms with Gasteiger partial charge in [-0.3, -0.25) is 9.59 Å². The second-order valence-electron chi connectivity index (χ2n) is 7.82. The number of nitrogens with zero attached hydrogens (tertiary/aromatic N) is 2. The van der Waals surface area contributed by atoms with Gasteiger partial charge in [0.15, 0.2) is 5.78 Å². The van der Waals surface area contributed by atoms with E-state index in [-0.39, 0.29) is 36.8 Å². The molecule has 0 aromatic carbocycles. The number of esters is 1. The first-order chi connectivity index (χ1) is 12.9. The van der Waals surface area contributed by atoms with Gasteiger partial charge < -0.3 is 14.2 Å². The molecule has 2 saturated carbocycles. The van der Waals surface area contributed by atoms with Gasteiger partial charge in [0.1, 0.15) is 5.69 Å². The van der Waals surface area contributed by atoms with Crippen LogP contribution < -0.4 is 0 Å². The van der Waals surface area contributed by atoms with E-state index in [9.17, 15) is 14.4 Å². The average Bonchev–Trinajstić information content (AvgIpc) is 3.25. The van der Waals surface area contributed by atoms with E-state index in [1.165, 1.54) is 0 Å². The van der Waals surface area contributed by atoms with E-state index in [0.29, 0.717) is 16.8 Å². The van der Waals surface area contributed by atoms with E-state index in [1.807, 2.05) is 6.92 Å². The predicted molar refractivity (Wildman–Crippen MR) is 102 cm³/mol. The Morgan fingerprint density at radius 2 is 1.74 bits per heavy atom. The van der Waals surface area contributed by atoms with Crippen LogP contribution in [0.1, 0.15) is 77.6 Å². The van der Waals surface area contributed by atoms with Crippen molar-refractivity contribution < 1.29 is 19.1 Å². The summed E-state index contributed by atoms with van der Waals surface area (Å²) in [6, 6.07) is 0.205. The SMILES string of the molecule is CCOC(=O)c1c(C)c(C(=O)CN(C(=O)C2CCCC2)C2CC2)c(C)n1C. The molecule has 2 aliphatic rings. The predicted octanol–water partition coefficient (Wildman–Crippen LogP) is 3.18. The van der Waals surface area contributed by atoms with E-state index in [0.717, 1.165) is 44.2 Å². The summed E-state index contributed by atoms with van der Waals surface area (Å²) in [6.07, 6.45) is 6.03. The molecular weight excluding hydrogens is 344 g/mol. The maximum absolute atomic E-state index is 13.1. The van der Waals surface area contributed by atoms with Crippen LogP contribution in [0.4, 0.5) is 0 Å². The molecule has 6 heteroatoms. The molecule has 0 atom stereocenters. The van der Waals surface area contributed by atoms with Gasteiger partial charge in [-0.2, -0.15) is 0 Å². The highest BCUT2D eigenvalue weighted by atomic mass is 16.5. The number of hydrogen-bond donors (Lipinski definition) is 0. The van der Waals surface area contributed by atoms with Gasteiger partial charge in [-0.05, 0) is 52.0 Å². The first-order valence-corrected chi connectivity index (χ1v) is 10.0. The summed E-state index contributed by atoms with van der Waals surface area (Å²) in [6.45, 7) is 5.78. The van der Waals surface area contributed by atoms with E-state index in [4.69, 9.17) is 4.74 Å². The molecule has 3 rings (SSSR count). The van der Waals surface area contributed by atoms with Crippen LogP contribution >= 0.6 is 0 Å². The van der Waals surface area contributed by atoms with Crippen molar-refractivity contribution in [2.75, 3.05) is 13.2 Å². The number of carbonyl (C=O) groups excluding carboxylic acids is 3. The van der Waals surface area contributed by atoms with E-state index < -0.39 is 5.97 Å². The minimum atomic E-state index is -0.416. The molecule has 1 amide bonds. The molecule has 1 aromatic heterocycles. The van der Waals surface area contributed by atoms with Gasteiger partial charge in [0.2, 0.25) is 5.91 Å². The van der Waals surface area contributed by atoms with E-state index in [2.05, 4.69) is 0 Å². The lowest BCUT2D eigenvalue weighted by Gasteiger charge is -2.25. The molecule has 27 heavy (non-hydrogen) atoms. The topological polar surface area (TPSA) is 68.6 Å². The molecule has 2 fully saturated rings. The lowest BCUT2D eigenvalue weighted by molar-refractivity contribution is -0.135. The van der Waals surface area contributed by atoms with Crippen LogP contribution in [0.2, 0.25) is 0 Å². The van der Waals surface area contributed by atoms with Crippen LogP contribution in [0.15, 0.2) is 0 Å². The van der Waals surface area contributed by atoms with Crippen LogP contribution in [-0.2, 0) is 16.6 Å². The zero-order chi connectivity index (χ0) is 19.7.